The maximum absolute atomic E-state index is 14.0. The number of benzene rings is 1. The van der Waals surface area contributed by atoms with Gasteiger partial charge in [0, 0.05) is 32.4 Å². The first-order valence-electron chi connectivity index (χ1n) is 9.43. The molecule has 150 valence electrons. The molecule has 0 atom stereocenters. The molecule has 3 heterocycles. The van der Waals surface area contributed by atoms with Gasteiger partial charge in [0.2, 0.25) is 0 Å². The first-order chi connectivity index (χ1) is 14.0. The van der Waals surface area contributed by atoms with Gasteiger partial charge in [-0.2, -0.15) is 5.10 Å². The quantitative estimate of drug-likeness (QED) is 0.682. The first-order valence-corrected chi connectivity index (χ1v) is 9.43. The molecule has 1 aliphatic rings. The molecule has 1 aliphatic heterocycles. The van der Waals surface area contributed by atoms with Gasteiger partial charge < -0.3 is 9.80 Å². The van der Waals surface area contributed by atoms with Crippen molar-refractivity contribution in [3.05, 3.63) is 71.2 Å². The lowest BCUT2D eigenvalue weighted by atomic mass is 10.1. The molecule has 0 unspecified atom stereocenters. The van der Waals surface area contributed by atoms with Crippen LogP contribution in [0, 0.1) is 25.5 Å². The highest BCUT2D eigenvalue weighted by atomic mass is 19.1. The highest BCUT2D eigenvalue weighted by Crippen LogP contribution is 2.27. The third-order valence-electron chi connectivity index (χ3n) is 5.18. The number of piperazine rings is 1. The number of pyridine rings is 1. The molecule has 1 saturated heterocycles. The van der Waals surface area contributed by atoms with E-state index in [4.69, 9.17) is 0 Å². The maximum Gasteiger partial charge on any atom is 0.259 e. The Morgan fingerprint density at radius 2 is 1.66 bits per heavy atom. The van der Waals surface area contributed by atoms with Crippen LogP contribution in [0.3, 0.4) is 0 Å². The van der Waals surface area contributed by atoms with Gasteiger partial charge >= 0.3 is 0 Å². The molecule has 3 aromatic rings. The van der Waals surface area contributed by atoms with Gasteiger partial charge in [0.05, 0.1) is 17.1 Å². The molecular formula is C21H21F2N5O. The Morgan fingerprint density at radius 3 is 2.28 bits per heavy atom. The van der Waals surface area contributed by atoms with Gasteiger partial charge in [-0.1, -0.05) is 12.1 Å². The fourth-order valence-corrected chi connectivity index (χ4v) is 3.79. The molecule has 8 heteroatoms. The van der Waals surface area contributed by atoms with Gasteiger partial charge in [-0.25, -0.2) is 18.4 Å². The Morgan fingerprint density at radius 1 is 0.966 bits per heavy atom. The summed E-state index contributed by atoms with van der Waals surface area (Å²) < 4.78 is 29.7. The fraction of sp³-hybridized carbons (Fsp3) is 0.286. The zero-order chi connectivity index (χ0) is 20.5. The van der Waals surface area contributed by atoms with Crippen LogP contribution in [-0.4, -0.2) is 51.8 Å². The summed E-state index contributed by atoms with van der Waals surface area (Å²) in [5.74, 6) is -1.54. The smallest absolute Gasteiger partial charge is 0.259 e. The third-order valence-corrected chi connectivity index (χ3v) is 5.18. The molecule has 0 aliphatic carbocycles. The van der Waals surface area contributed by atoms with E-state index in [1.807, 2.05) is 32.0 Å². The van der Waals surface area contributed by atoms with Crippen LogP contribution < -0.4 is 4.90 Å². The highest BCUT2D eigenvalue weighted by molar-refractivity contribution is 5.95. The summed E-state index contributed by atoms with van der Waals surface area (Å²) in [6, 6.07) is 9.11. The van der Waals surface area contributed by atoms with E-state index in [9.17, 15) is 13.6 Å². The number of rotatable bonds is 3. The van der Waals surface area contributed by atoms with Crippen molar-refractivity contribution >= 4 is 11.6 Å². The van der Waals surface area contributed by atoms with Gasteiger partial charge in [-0.05, 0) is 38.1 Å². The zero-order valence-electron chi connectivity index (χ0n) is 16.3. The van der Waals surface area contributed by atoms with E-state index in [2.05, 4.69) is 15.0 Å². The van der Waals surface area contributed by atoms with Crippen molar-refractivity contribution in [1.29, 1.82) is 0 Å². The molecule has 4 rings (SSSR count). The van der Waals surface area contributed by atoms with E-state index in [0.29, 0.717) is 26.2 Å². The van der Waals surface area contributed by atoms with E-state index in [1.54, 1.807) is 10.9 Å². The van der Waals surface area contributed by atoms with Crippen LogP contribution >= 0.6 is 0 Å². The molecule has 0 bridgehead atoms. The number of halogens is 2. The van der Waals surface area contributed by atoms with Crippen LogP contribution in [-0.2, 0) is 0 Å². The second kappa shape index (κ2) is 7.62. The Balaban J connectivity index is 1.52. The van der Waals surface area contributed by atoms with E-state index in [0.717, 1.165) is 35.0 Å². The summed E-state index contributed by atoms with van der Waals surface area (Å²) in [6.45, 7) is 5.78. The van der Waals surface area contributed by atoms with E-state index in [1.165, 1.54) is 11.0 Å². The Bertz CT molecular complexity index is 1020. The number of aryl methyl sites for hydroxylation is 1. The van der Waals surface area contributed by atoms with E-state index >= 15 is 0 Å². The summed E-state index contributed by atoms with van der Waals surface area (Å²) >= 11 is 0. The topological polar surface area (TPSA) is 54.3 Å². The molecule has 1 amide bonds. The number of anilines is 1. The van der Waals surface area contributed by atoms with Gasteiger partial charge in [-0.15, -0.1) is 0 Å². The average Bonchev–Trinajstić information content (AvgIpc) is 3.02. The molecule has 0 saturated carbocycles. The number of carbonyl (C=O) groups is 1. The van der Waals surface area contributed by atoms with Crippen LogP contribution in [0.25, 0.3) is 5.82 Å². The lowest BCUT2D eigenvalue weighted by Crippen LogP contribution is -2.49. The van der Waals surface area contributed by atoms with Gasteiger partial charge in [0.1, 0.15) is 17.2 Å². The maximum atomic E-state index is 14.0. The van der Waals surface area contributed by atoms with Crippen molar-refractivity contribution in [2.45, 2.75) is 13.8 Å². The normalized spacial score (nSPS) is 14.3. The SMILES string of the molecule is Cc1nn(-c2ccccn2)c(C)c1N1CCN(C(=O)c2c(F)cccc2F)CC1. The van der Waals surface area contributed by atoms with Crippen LogP contribution in [0.1, 0.15) is 21.7 Å². The third kappa shape index (κ3) is 3.46. The second-order valence-corrected chi connectivity index (χ2v) is 7.00. The molecule has 1 fully saturated rings. The Kier molecular flexibility index (Phi) is 5.00. The van der Waals surface area contributed by atoms with Gasteiger partial charge in [0.15, 0.2) is 5.82 Å². The number of aromatic nitrogens is 3. The zero-order valence-corrected chi connectivity index (χ0v) is 16.3. The monoisotopic (exact) mass is 397 g/mol. The number of nitrogens with zero attached hydrogens (tertiary/aromatic N) is 5. The van der Waals surface area contributed by atoms with Crippen LogP contribution in [0.5, 0.6) is 0 Å². The minimum absolute atomic E-state index is 0.375. The Hall–Kier alpha value is -3.29. The second-order valence-electron chi connectivity index (χ2n) is 7.00. The lowest BCUT2D eigenvalue weighted by Gasteiger charge is -2.36. The molecule has 1 aromatic carbocycles. The Labute approximate surface area is 167 Å². The minimum Gasteiger partial charge on any atom is -0.365 e. The predicted octanol–water partition coefficient (Wildman–Crippen LogP) is 3.12. The lowest BCUT2D eigenvalue weighted by molar-refractivity contribution is 0.0737. The average molecular weight is 397 g/mol. The highest BCUT2D eigenvalue weighted by Gasteiger charge is 2.28. The summed E-state index contributed by atoms with van der Waals surface area (Å²) in [5, 5.41) is 4.61. The first kappa shape index (κ1) is 19.0. The molecule has 0 spiro atoms. The van der Waals surface area contributed by atoms with Crippen molar-refractivity contribution < 1.29 is 13.6 Å². The summed E-state index contributed by atoms with van der Waals surface area (Å²) in [7, 11) is 0. The molecule has 29 heavy (non-hydrogen) atoms. The largest absolute Gasteiger partial charge is 0.365 e. The number of hydrogen-bond acceptors (Lipinski definition) is 4. The standard InChI is InChI=1S/C21H21F2N5O/c1-14-20(15(2)28(25-14)18-8-3-4-9-24-18)26-10-12-27(13-11-26)21(29)19-16(22)6-5-7-17(19)23/h3-9H,10-13H2,1-2H3. The fourth-order valence-electron chi connectivity index (χ4n) is 3.79. The van der Waals surface area contributed by atoms with Crippen molar-refractivity contribution in [3.8, 4) is 5.82 Å². The van der Waals surface area contributed by atoms with Gasteiger partial charge in [-0.3, -0.25) is 4.79 Å². The molecular weight excluding hydrogens is 376 g/mol. The predicted molar refractivity (Wildman–Crippen MR) is 105 cm³/mol. The van der Waals surface area contributed by atoms with Gasteiger partial charge in [0.25, 0.3) is 5.91 Å². The van der Waals surface area contributed by atoms with E-state index in [-0.39, 0.29) is 0 Å². The van der Waals surface area contributed by atoms with Crippen molar-refractivity contribution in [1.82, 2.24) is 19.7 Å². The van der Waals surface area contributed by atoms with Crippen LogP contribution in [0.15, 0.2) is 42.6 Å². The molecule has 6 nitrogen and oxygen atoms in total. The molecule has 2 aromatic heterocycles. The van der Waals surface area contributed by atoms with Crippen LogP contribution in [0.2, 0.25) is 0 Å². The number of carbonyl (C=O) groups excluding carboxylic acids is 1. The summed E-state index contributed by atoms with van der Waals surface area (Å²) in [5.41, 5.74) is 2.34. The number of amides is 1. The number of hydrogen-bond donors (Lipinski definition) is 0. The van der Waals surface area contributed by atoms with Crippen molar-refractivity contribution in [2.75, 3.05) is 31.1 Å². The van der Waals surface area contributed by atoms with E-state index < -0.39 is 23.1 Å². The summed E-state index contributed by atoms with van der Waals surface area (Å²) in [4.78, 5) is 20.6. The molecule has 0 radical (unpaired) electrons. The van der Waals surface area contributed by atoms with Crippen molar-refractivity contribution in [3.63, 3.8) is 0 Å². The minimum atomic E-state index is -0.833. The van der Waals surface area contributed by atoms with Crippen LogP contribution in [0.4, 0.5) is 14.5 Å². The van der Waals surface area contributed by atoms with Crippen molar-refractivity contribution in [2.24, 2.45) is 0 Å². The molecule has 0 N–H and O–H groups in total. The summed E-state index contributed by atoms with van der Waals surface area (Å²) in [6.07, 6.45) is 1.72.